The van der Waals surface area contributed by atoms with Gasteiger partial charge in [0.25, 0.3) is 0 Å². The summed E-state index contributed by atoms with van der Waals surface area (Å²) in [6.45, 7) is 5.58. The van der Waals surface area contributed by atoms with Crippen LogP contribution < -0.4 is 5.32 Å². The Labute approximate surface area is 97.7 Å². The first kappa shape index (κ1) is 12.6. The van der Waals surface area contributed by atoms with Crippen molar-refractivity contribution in [1.82, 2.24) is 5.32 Å². The molecule has 15 heavy (non-hydrogen) atoms. The smallest absolute Gasteiger partial charge is 0.0130 e. The second-order valence-corrected chi connectivity index (χ2v) is 4.99. The highest BCUT2D eigenvalue weighted by molar-refractivity contribution is 7.98. The molecule has 0 fully saturated rings. The van der Waals surface area contributed by atoms with Crippen molar-refractivity contribution >= 4 is 11.8 Å². The number of thioether (sulfide) groups is 1. The summed E-state index contributed by atoms with van der Waals surface area (Å²) < 4.78 is 0. The molecular weight excluding hydrogens is 202 g/mol. The Hall–Kier alpha value is -0.470. The Balaban J connectivity index is 2.33. The summed E-state index contributed by atoms with van der Waals surface area (Å²) in [6.07, 6.45) is 2.15. The lowest BCUT2D eigenvalue weighted by molar-refractivity contribution is 0.553. The van der Waals surface area contributed by atoms with Crippen molar-refractivity contribution in [3.63, 3.8) is 0 Å². The van der Waals surface area contributed by atoms with Gasteiger partial charge in [-0.25, -0.2) is 0 Å². The van der Waals surface area contributed by atoms with Crippen molar-refractivity contribution < 1.29 is 0 Å². The zero-order chi connectivity index (χ0) is 11.1. The van der Waals surface area contributed by atoms with Gasteiger partial charge < -0.3 is 5.32 Å². The number of nitrogens with one attached hydrogen (secondary N) is 1. The van der Waals surface area contributed by atoms with E-state index in [9.17, 15) is 0 Å². The van der Waals surface area contributed by atoms with Crippen molar-refractivity contribution in [2.24, 2.45) is 0 Å². The topological polar surface area (TPSA) is 12.0 Å². The third kappa shape index (κ3) is 4.72. The van der Waals surface area contributed by atoms with E-state index < -0.39 is 0 Å². The lowest BCUT2D eigenvalue weighted by Crippen LogP contribution is -2.31. The van der Waals surface area contributed by atoms with Gasteiger partial charge in [-0.3, -0.25) is 0 Å². The molecule has 1 rings (SSSR count). The highest BCUT2D eigenvalue weighted by Gasteiger charge is 2.06. The third-order valence-corrected chi connectivity index (χ3v) is 3.39. The molecular formula is C13H21NS. The second-order valence-electron chi connectivity index (χ2n) is 4.08. The zero-order valence-corrected chi connectivity index (χ0v) is 10.7. The molecule has 1 N–H and O–H groups in total. The minimum atomic E-state index is 0.593. The van der Waals surface area contributed by atoms with Crippen LogP contribution in [0.5, 0.6) is 0 Å². The molecule has 0 spiro atoms. The quantitative estimate of drug-likeness (QED) is 0.795. The Bertz CT molecular complexity index is 260. The van der Waals surface area contributed by atoms with Gasteiger partial charge in [-0.2, -0.15) is 11.8 Å². The summed E-state index contributed by atoms with van der Waals surface area (Å²) in [5.74, 6) is 1.78. The molecule has 0 saturated heterocycles. The maximum Gasteiger partial charge on any atom is 0.0130 e. The summed E-state index contributed by atoms with van der Waals surface area (Å²) in [5, 5.41) is 3.56. The van der Waals surface area contributed by atoms with Gasteiger partial charge in [0.2, 0.25) is 0 Å². The van der Waals surface area contributed by atoms with Crippen molar-refractivity contribution in [3.8, 4) is 0 Å². The SMILES string of the molecule is CSCC(C)NCC(C)c1ccccc1. The van der Waals surface area contributed by atoms with E-state index in [1.807, 2.05) is 11.8 Å². The second kappa shape index (κ2) is 6.91. The first-order chi connectivity index (χ1) is 7.24. The molecule has 1 aromatic rings. The maximum absolute atomic E-state index is 3.56. The molecule has 0 radical (unpaired) electrons. The number of hydrogen-bond acceptors (Lipinski definition) is 2. The van der Waals surface area contributed by atoms with Crippen molar-refractivity contribution in [2.45, 2.75) is 25.8 Å². The van der Waals surface area contributed by atoms with Crippen LogP contribution in [0.4, 0.5) is 0 Å². The van der Waals surface area contributed by atoms with Gasteiger partial charge in [-0.05, 0) is 24.7 Å². The molecule has 0 aliphatic heterocycles. The minimum Gasteiger partial charge on any atom is -0.313 e. The maximum atomic E-state index is 3.56. The molecule has 0 bridgehead atoms. The van der Waals surface area contributed by atoms with Gasteiger partial charge in [0, 0.05) is 18.3 Å². The van der Waals surface area contributed by atoms with Crippen LogP contribution in [0, 0.1) is 0 Å². The normalized spacial score (nSPS) is 14.9. The van der Waals surface area contributed by atoms with Crippen LogP contribution in [0.25, 0.3) is 0 Å². The van der Waals surface area contributed by atoms with E-state index in [0.29, 0.717) is 12.0 Å². The summed E-state index contributed by atoms with van der Waals surface area (Å²) in [4.78, 5) is 0. The minimum absolute atomic E-state index is 0.593. The number of benzene rings is 1. The van der Waals surface area contributed by atoms with Gasteiger partial charge in [0.05, 0.1) is 0 Å². The van der Waals surface area contributed by atoms with E-state index in [4.69, 9.17) is 0 Å². The van der Waals surface area contributed by atoms with Gasteiger partial charge in [-0.15, -0.1) is 0 Å². The fourth-order valence-electron chi connectivity index (χ4n) is 1.59. The van der Waals surface area contributed by atoms with Gasteiger partial charge in [-0.1, -0.05) is 37.3 Å². The monoisotopic (exact) mass is 223 g/mol. The summed E-state index contributed by atoms with van der Waals surface area (Å²) in [7, 11) is 0. The van der Waals surface area contributed by atoms with Crippen LogP contribution in [-0.2, 0) is 0 Å². The van der Waals surface area contributed by atoms with Gasteiger partial charge in [0.1, 0.15) is 0 Å². The predicted molar refractivity (Wildman–Crippen MR) is 70.7 cm³/mol. The average molecular weight is 223 g/mol. The molecule has 84 valence electrons. The van der Waals surface area contributed by atoms with E-state index in [-0.39, 0.29) is 0 Å². The van der Waals surface area contributed by atoms with E-state index >= 15 is 0 Å². The largest absolute Gasteiger partial charge is 0.313 e. The standard InChI is InChI=1S/C13H21NS/c1-11(9-14-12(2)10-15-3)13-7-5-4-6-8-13/h4-8,11-12,14H,9-10H2,1-3H3. The molecule has 1 nitrogen and oxygen atoms in total. The first-order valence-electron chi connectivity index (χ1n) is 5.51. The van der Waals surface area contributed by atoms with Crippen LogP contribution in [0.1, 0.15) is 25.3 Å². The number of hydrogen-bond donors (Lipinski definition) is 1. The molecule has 0 aliphatic rings. The molecule has 1 aromatic carbocycles. The van der Waals surface area contributed by atoms with E-state index in [0.717, 1.165) is 6.54 Å². The lowest BCUT2D eigenvalue weighted by atomic mass is 10.0. The highest BCUT2D eigenvalue weighted by Crippen LogP contribution is 2.13. The molecule has 0 saturated carbocycles. The molecule has 0 amide bonds. The summed E-state index contributed by atoms with van der Waals surface area (Å²) in [5.41, 5.74) is 1.42. The Morgan fingerprint density at radius 2 is 1.87 bits per heavy atom. The fraction of sp³-hybridized carbons (Fsp3) is 0.538. The van der Waals surface area contributed by atoms with Crippen molar-refractivity contribution in [3.05, 3.63) is 35.9 Å². The Kier molecular flexibility index (Phi) is 5.81. The molecule has 2 unspecified atom stereocenters. The van der Waals surface area contributed by atoms with Gasteiger partial charge >= 0.3 is 0 Å². The molecule has 0 aliphatic carbocycles. The van der Waals surface area contributed by atoms with E-state index in [2.05, 4.69) is 55.8 Å². The van der Waals surface area contributed by atoms with Gasteiger partial charge in [0.15, 0.2) is 0 Å². The molecule has 0 aromatic heterocycles. The predicted octanol–water partition coefficient (Wildman–Crippen LogP) is 3.13. The van der Waals surface area contributed by atoms with E-state index in [1.54, 1.807) is 0 Å². The van der Waals surface area contributed by atoms with Crippen molar-refractivity contribution in [1.29, 1.82) is 0 Å². The third-order valence-electron chi connectivity index (χ3n) is 2.56. The first-order valence-corrected chi connectivity index (χ1v) is 6.90. The number of rotatable bonds is 6. The Morgan fingerprint density at radius 1 is 1.20 bits per heavy atom. The van der Waals surface area contributed by atoms with Crippen LogP contribution >= 0.6 is 11.8 Å². The lowest BCUT2D eigenvalue weighted by Gasteiger charge is -2.17. The van der Waals surface area contributed by atoms with Crippen LogP contribution in [0.3, 0.4) is 0 Å². The highest BCUT2D eigenvalue weighted by atomic mass is 32.2. The van der Waals surface area contributed by atoms with E-state index in [1.165, 1.54) is 11.3 Å². The molecule has 2 heteroatoms. The summed E-state index contributed by atoms with van der Waals surface area (Å²) >= 11 is 1.89. The molecule has 2 atom stereocenters. The summed E-state index contributed by atoms with van der Waals surface area (Å²) in [6, 6.07) is 11.3. The van der Waals surface area contributed by atoms with Crippen LogP contribution in [-0.4, -0.2) is 24.6 Å². The van der Waals surface area contributed by atoms with Crippen LogP contribution in [0.15, 0.2) is 30.3 Å². The molecule has 0 heterocycles. The fourth-order valence-corrected chi connectivity index (χ4v) is 2.20. The Morgan fingerprint density at radius 3 is 2.47 bits per heavy atom. The average Bonchev–Trinajstić information content (AvgIpc) is 2.27. The van der Waals surface area contributed by atoms with Crippen LogP contribution in [0.2, 0.25) is 0 Å². The van der Waals surface area contributed by atoms with Crippen molar-refractivity contribution in [2.75, 3.05) is 18.6 Å². The zero-order valence-electron chi connectivity index (χ0n) is 9.86.